The highest BCUT2D eigenvalue weighted by Crippen LogP contribution is 2.30. The molecule has 2 heterocycles. The molecule has 3 aromatic rings. The molecule has 3 nitrogen and oxygen atoms in total. The van der Waals surface area contributed by atoms with Crippen molar-refractivity contribution >= 4 is 21.7 Å². The number of ether oxygens (including phenoxy) is 1. The Morgan fingerprint density at radius 2 is 2.06 bits per heavy atom. The Balaban J connectivity index is 2.57. The van der Waals surface area contributed by atoms with Gasteiger partial charge in [0, 0.05) is 24.0 Å². The average molecular weight is 210 g/mol. The highest BCUT2D eigenvalue weighted by molar-refractivity contribution is 6.08. The van der Waals surface area contributed by atoms with Gasteiger partial charge in [0.2, 0.25) is 0 Å². The molecular formula is C13H10N2O. The van der Waals surface area contributed by atoms with E-state index in [1.807, 2.05) is 36.7 Å². The first-order chi connectivity index (χ1) is 7.90. The van der Waals surface area contributed by atoms with E-state index < -0.39 is 0 Å². The van der Waals surface area contributed by atoms with E-state index in [4.69, 9.17) is 4.74 Å². The zero-order valence-corrected chi connectivity index (χ0v) is 8.84. The predicted octanol–water partition coefficient (Wildman–Crippen LogP) is 2.79. The van der Waals surface area contributed by atoms with Crippen molar-refractivity contribution in [1.82, 2.24) is 9.97 Å². The van der Waals surface area contributed by atoms with Gasteiger partial charge >= 0.3 is 0 Å². The molecule has 0 atom stereocenters. The molecule has 0 unspecified atom stereocenters. The van der Waals surface area contributed by atoms with Crippen molar-refractivity contribution in [2.45, 2.75) is 0 Å². The lowest BCUT2D eigenvalue weighted by Crippen LogP contribution is -1.88. The van der Waals surface area contributed by atoms with Crippen LogP contribution in [0.2, 0.25) is 0 Å². The van der Waals surface area contributed by atoms with E-state index in [9.17, 15) is 0 Å². The maximum absolute atomic E-state index is 5.38. The first kappa shape index (κ1) is 9.09. The highest BCUT2D eigenvalue weighted by atomic mass is 16.5. The fraction of sp³-hybridized carbons (Fsp3) is 0.0769. The van der Waals surface area contributed by atoms with E-state index >= 15 is 0 Å². The van der Waals surface area contributed by atoms with Gasteiger partial charge in [0.05, 0.1) is 18.0 Å². The lowest BCUT2D eigenvalue weighted by molar-refractivity contribution is 0.420. The zero-order chi connectivity index (χ0) is 11.0. The van der Waals surface area contributed by atoms with E-state index in [1.165, 1.54) is 0 Å². The van der Waals surface area contributed by atoms with Crippen LogP contribution in [0.5, 0.6) is 5.75 Å². The van der Waals surface area contributed by atoms with E-state index in [2.05, 4.69) is 9.97 Å². The molecule has 78 valence electrons. The Kier molecular flexibility index (Phi) is 1.96. The third-order valence-electron chi connectivity index (χ3n) is 2.69. The minimum Gasteiger partial charge on any atom is -0.496 e. The van der Waals surface area contributed by atoms with E-state index in [0.717, 1.165) is 27.4 Å². The number of aromatic nitrogens is 2. The lowest BCUT2D eigenvalue weighted by atomic mass is 10.1. The van der Waals surface area contributed by atoms with E-state index in [1.54, 1.807) is 13.3 Å². The summed E-state index contributed by atoms with van der Waals surface area (Å²) in [5, 5.41) is 3.20. The van der Waals surface area contributed by atoms with Crippen molar-refractivity contribution in [1.29, 1.82) is 0 Å². The van der Waals surface area contributed by atoms with Crippen LogP contribution in [0.4, 0.5) is 0 Å². The van der Waals surface area contributed by atoms with Crippen molar-refractivity contribution in [3.05, 3.63) is 42.9 Å². The number of hydrogen-bond acceptors (Lipinski definition) is 3. The summed E-state index contributed by atoms with van der Waals surface area (Å²) in [6.07, 6.45) is 5.44. The second-order valence-corrected chi connectivity index (χ2v) is 3.58. The van der Waals surface area contributed by atoms with E-state index in [0.29, 0.717) is 0 Å². The van der Waals surface area contributed by atoms with Gasteiger partial charge in [-0.3, -0.25) is 9.97 Å². The van der Waals surface area contributed by atoms with Crippen LogP contribution in [0.25, 0.3) is 21.7 Å². The van der Waals surface area contributed by atoms with Crippen molar-refractivity contribution in [3.63, 3.8) is 0 Å². The molecule has 3 rings (SSSR count). The minimum absolute atomic E-state index is 0.849. The van der Waals surface area contributed by atoms with Crippen LogP contribution >= 0.6 is 0 Å². The molecule has 16 heavy (non-hydrogen) atoms. The summed E-state index contributed by atoms with van der Waals surface area (Å²) in [4.78, 5) is 8.49. The number of pyridine rings is 2. The van der Waals surface area contributed by atoms with Gasteiger partial charge in [-0.05, 0) is 23.6 Å². The molecule has 0 spiro atoms. The summed E-state index contributed by atoms with van der Waals surface area (Å²) in [5.74, 6) is 0.849. The monoisotopic (exact) mass is 210 g/mol. The van der Waals surface area contributed by atoms with Crippen molar-refractivity contribution < 1.29 is 4.74 Å². The molecule has 0 fully saturated rings. The molecule has 3 heteroatoms. The number of nitrogens with zero attached hydrogens (tertiary/aromatic N) is 2. The fourth-order valence-corrected chi connectivity index (χ4v) is 1.94. The Morgan fingerprint density at radius 3 is 2.94 bits per heavy atom. The number of hydrogen-bond donors (Lipinski definition) is 0. The largest absolute Gasteiger partial charge is 0.496 e. The summed E-state index contributed by atoms with van der Waals surface area (Å²) < 4.78 is 5.38. The SMILES string of the molecule is COc1cccc2ncc3cnccc3c12. The van der Waals surface area contributed by atoms with Crippen molar-refractivity contribution in [2.75, 3.05) is 7.11 Å². The normalized spacial score (nSPS) is 10.8. The number of rotatable bonds is 1. The Morgan fingerprint density at radius 1 is 1.12 bits per heavy atom. The topological polar surface area (TPSA) is 35.0 Å². The third kappa shape index (κ3) is 1.21. The maximum atomic E-state index is 5.38. The van der Waals surface area contributed by atoms with Crippen LogP contribution in [0.15, 0.2) is 42.9 Å². The smallest absolute Gasteiger partial charge is 0.128 e. The van der Waals surface area contributed by atoms with Gasteiger partial charge < -0.3 is 4.74 Å². The van der Waals surface area contributed by atoms with Gasteiger partial charge in [0.15, 0.2) is 0 Å². The van der Waals surface area contributed by atoms with Gasteiger partial charge in [-0.1, -0.05) is 6.07 Å². The Hall–Kier alpha value is -2.16. The molecule has 0 aliphatic heterocycles. The van der Waals surface area contributed by atoms with Crippen LogP contribution in [-0.2, 0) is 0 Å². The Bertz CT molecular complexity index is 664. The molecule has 0 N–H and O–H groups in total. The van der Waals surface area contributed by atoms with Gasteiger partial charge in [0.25, 0.3) is 0 Å². The molecule has 0 aliphatic carbocycles. The summed E-state index contributed by atoms with van der Waals surface area (Å²) in [6.45, 7) is 0. The second-order valence-electron chi connectivity index (χ2n) is 3.58. The molecule has 0 saturated carbocycles. The van der Waals surface area contributed by atoms with Crippen LogP contribution in [0.3, 0.4) is 0 Å². The summed E-state index contributed by atoms with van der Waals surface area (Å²) in [7, 11) is 1.68. The maximum Gasteiger partial charge on any atom is 0.128 e. The summed E-state index contributed by atoms with van der Waals surface area (Å²) in [6, 6.07) is 7.87. The molecule has 0 aliphatic rings. The number of methoxy groups -OCH3 is 1. The second kappa shape index (κ2) is 3.45. The first-order valence-corrected chi connectivity index (χ1v) is 5.05. The van der Waals surface area contributed by atoms with Crippen molar-refractivity contribution in [3.8, 4) is 5.75 Å². The fourth-order valence-electron chi connectivity index (χ4n) is 1.94. The van der Waals surface area contributed by atoms with Crippen LogP contribution in [0, 0.1) is 0 Å². The van der Waals surface area contributed by atoms with Gasteiger partial charge in [0.1, 0.15) is 5.75 Å². The third-order valence-corrected chi connectivity index (χ3v) is 2.69. The Labute approximate surface area is 92.7 Å². The van der Waals surface area contributed by atoms with Crippen LogP contribution in [0.1, 0.15) is 0 Å². The van der Waals surface area contributed by atoms with Crippen LogP contribution in [-0.4, -0.2) is 17.1 Å². The molecular weight excluding hydrogens is 200 g/mol. The van der Waals surface area contributed by atoms with Gasteiger partial charge in [-0.25, -0.2) is 0 Å². The van der Waals surface area contributed by atoms with Crippen molar-refractivity contribution in [2.24, 2.45) is 0 Å². The quantitative estimate of drug-likeness (QED) is 0.579. The minimum atomic E-state index is 0.849. The molecule has 0 saturated heterocycles. The van der Waals surface area contributed by atoms with Crippen LogP contribution < -0.4 is 4.74 Å². The zero-order valence-electron chi connectivity index (χ0n) is 8.84. The van der Waals surface area contributed by atoms with E-state index in [-0.39, 0.29) is 0 Å². The average Bonchev–Trinajstić information content (AvgIpc) is 2.37. The molecule has 0 radical (unpaired) electrons. The number of benzene rings is 1. The standard InChI is InChI=1S/C13H10N2O/c1-16-12-4-2-3-11-13(12)10-5-6-14-7-9(10)8-15-11/h2-8H,1H3. The molecule has 2 aromatic heterocycles. The summed E-state index contributed by atoms with van der Waals surface area (Å²) >= 11 is 0. The lowest BCUT2D eigenvalue weighted by Gasteiger charge is -2.07. The predicted molar refractivity (Wildman–Crippen MR) is 63.6 cm³/mol. The first-order valence-electron chi connectivity index (χ1n) is 5.05. The summed E-state index contributed by atoms with van der Waals surface area (Å²) in [5.41, 5.74) is 0.943. The molecule has 0 bridgehead atoms. The molecule has 1 aromatic carbocycles. The number of fused-ring (bicyclic) bond motifs is 3. The highest BCUT2D eigenvalue weighted by Gasteiger charge is 2.06. The van der Waals surface area contributed by atoms with Gasteiger partial charge in [-0.15, -0.1) is 0 Å². The molecule has 0 amide bonds. The van der Waals surface area contributed by atoms with Gasteiger partial charge in [-0.2, -0.15) is 0 Å².